The second kappa shape index (κ2) is 10.0. The molecule has 0 spiro atoms. The van der Waals surface area contributed by atoms with Crippen molar-refractivity contribution in [3.05, 3.63) is 63.3 Å². The molecule has 0 amide bonds. The second-order valence-corrected chi connectivity index (χ2v) is 8.63. The lowest BCUT2D eigenvalue weighted by molar-refractivity contribution is 0.153. The average molecular weight is 435 g/mol. The first-order valence-electron chi connectivity index (χ1n) is 9.17. The highest BCUT2D eigenvalue weighted by Crippen LogP contribution is 2.34. The van der Waals surface area contributed by atoms with Crippen molar-refractivity contribution in [2.75, 3.05) is 7.05 Å². The number of nitrogens with two attached hydrogens (primary N) is 1. The summed E-state index contributed by atoms with van der Waals surface area (Å²) in [4.78, 5) is 5.79. The maximum Gasteiger partial charge on any atom is 0.166 e. The van der Waals surface area contributed by atoms with Crippen LogP contribution in [0.1, 0.15) is 33.6 Å². The number of nitrogens with one attached hydrogen (secondary N) is 1. The molecule has 0 atom stereocenters. The zero-order valence-corrected chi connectivity index (χ0v) is 18.6. The van der Waals surface area contributed by atoms with Gasteiger partial charge in [0.15, 0.2) is 5.84 Å². The molecule has 1 aromatic rings. The number of benzene rings is 1. The number of nitrogens with zero attached hydrogens (tertiary/aromatic N) is 2. The number of aliphatic hydroxyl groups is 1. The first kappa shape index (κ1) is 23.1. The number of hydrogen-bond acceptors (Lipinski definition) is 6. The molecule has 29 heavy (non-hydrogen) atoms. The molecule has 0 unspecified atom stereocenters. The lowest BCUT2D eigenvalue weighted by atomic mass is 9.95. The molecule has 0 saturated heterocycles. The van der Waals surface area contributed by atoms with Crippen LogP contribution in [0, 0.1) is 0 Å². The highest BCUT2D eigenvalue weighted by Gasteiger charge is 2.21. The zero-order valence-electron chi connectivity index (χ0n) is 17.0. The van der Waals surface area contributed by atoms with Crippen LogP contribution in [-0.2, 0) is 0 Å². The van der Waals surface area contributed by atoms with Crippen LogP contribution >= 0.6 is 23.4 Å². The summed E-state index contributed by atoms with van der Waals surface area (Å²) >= 11 is 7.53. The third-order valence-corrected chi connectivity index (χ3v) is 5.89. The Bertz CT molecular complexity index is 894. The van der Waals surface area contributed by atoms with Gasteiger partial charge >= 0.3 is 0 Å². The molecule has 0 aromatic heterocycles. The summed E-state index contributed by atoms with van der Waals surface area (Å²) in [5.41, 5.74) is 7.79. The Hall–Kier alpha value is -2.22. The van der Waals surface area contributed by atoms with Crippen LogP contribution in [0.3, 0.4) is 0 Å². The van der Waals surface area contributed by atoms with E-state index >= 15 is 0 Å². The number of oxime groups is 1. The Labute approximate surface area is 180 Å². The maximum absolute atomic E-state index is 10.4. The fourth-order valence-electron chi connectivity index (χ4n) is 2.52. The molecular weight excluding hydrogens is 408 g/mol. The Morgan fingerprint density at radius 3 is 2.24 bits per heavy atom. The minimum Gasteiger partial charge on any atom is -0.409 e. The minimum absolute atomic E-state index is 0.117. The summed E-state index contributed by atoms with van der Waals surface area (Å²) in [5.74, 6) is 0.117. The van der Waals surface area contributed by atoms with E-state index in [9.17, 15) is 5.11 Å². The van der Waals surface area contributed by atoms with E-state index in [0.29, 0.717) is 23.6 Å². The summed E-state index contributed by atoms with van der Waals surface area (Å²) in [6.45, 7) is 5.22. The second-order valence-electron chi connectivity index (χ2n) is 7.11. The topological polar surface area (TPSA) is 103 Å². The molecule has 1 aliphatic rings. The van der Waals surface area contributed by atoms with Crippen LogP contribution in [0.5, 0.6) is 0 Å². The van der Waals surface area contributed by atoms with Crippen molar-refractivity contribution in [1.29, 1.82) is 0 Å². The lowest BCUT2D eigenvalue weighted by Gasteiger charge is -2.22. The van der Waals surface area contributed by atoms with Crippen LogP contribution in [-0.4, -0.2) is 34.5 Å². The van der Waals surface area contributed by atoms with Crippen LogP contribution in [0.4, 0.5) is 0 Å². The first-order valence-corrected chi connectivity index (χ1v) is 10.4. The molecule has 5 N–H and O–H groups in total. The fraction of sp³-hybridized carbons (Fsp3) is 0.333. The van der Waals surface area contributed by atoms with E-state index in [1.165, 1.54) is 11.8 Å². The van der Waals surface area contributed by atoms with Crippen molar-refractivity contribution in [1.82, 2.24) is 5.32 Å². The third kappa shape index (κ3) is 6.39. The molecule has 0 bridgehead atoms. The van der Waals surface area contributed by atoms with E-state index in [2.05, 4.69) is 10.5 Å². The van der Waals surface area contributed by atoms with Crippen molar-refractivity contribution in [3.8, 4) is 0 Å². The standard InChI is InChI=1S/C21H27ClN4O2S/c1-13(21(2,3)27)25-18(14-5-7-15(8-6-14)19(23)26-28)20(24-4)29-17-11-9-16(22)10-12-17/h5,7,9-12,24,27-28H,6,8H2,1-4H3,(H2,23,26)/b20-18+,25-13?. The highest BCUT2D eigenvalue weighted by molar-refractivity contribution is 8.03. The Balaban J connectivity index is 2.54. The number of amidine groups is 1. The lowest BCUT2D eigenvalue weighted by Crippen LogP contribution is -2.29. The number of aliphatic imine (C=N–C) groups is 1. The van der Waals surface area contributed by atoms with Crippen LogP contribution < -0.4 is 11.1 Å². The largest absolute Gasteiger partial charge is 0.409 e. The first-order chi connectivity index (χ1) is 13.7. The van der Waals surface area contributed by atoms with E-state index in [1.807, 2.05) is 43.5 Å². The van der Waals surface area contributed by atoms with E-state index in [4.69, 9.17) is 27.5 Å². The molecule has 1 aliphatic carbocycles. The molecule has 0 aliphatic heterocycles. The van der Waals surface area contributed by atoms with E-state index < -0.39 is 5.60 Å². The highest BCUT2D eigenvalue weighted by atomic mass is 35.5. The van der Waals surface area contributed by atoms with Gasteiger partial charge < -0.3 is 21.4 Å². The van der Waals surface area contributed by atoms with Crippen molar-refractivity contribution in [3.63, 3.8) is 0 Å². The normalized spacial score (nSPS) is 16.8. The number of thioether (sulfide) groups is 1. The molecule has 8 heteroatoms. The molecular formula is C21H27ClN4O2S. The Kier molecular flexibility index (Phi) is 7.96. The summed E-state index contributed by atoms with van der Waals surface area (Å²) < 4.78 is 0. The van der Waals surface area contributed by atoms with Gasteiger partial charge in [0.2, 0.25) is 0 Å². The van der Waals surface area contributed by atoms with Crippen LogP contribution in [0.15, 0.2) is 73.3 Å². The van der Waals surface area contributed by atoms with Gasteiger partial charge in [0.05, 0.1) is 16.3 Å². The Morgan fingerprint density at radius 1 is 1.17 bits per heavy atom. The van der Waals surface area contributed by atoms with Gasteiger partial charge in [0.1, 0.15) is 0 Å². The molecule has 2 rings (SSSR count). The van der Waals surface area contributed by atoms with E-state index in [1.54, 1.807) is 20.8 Å². The van der Waals surface area contributed by atoms with Gasteiger partial charge in [0, 0.05) is 22.7 Å². The number of hydrogen-bond donors (Lipinski definition) is 4. The molecule has 156 valence electrons. The number of halogens is 1. The van der Waals surface area contributed by atoms with Gasteiger partial charge in [0.25, 0.3) is 0 Å². The molecule has 0 saturated carbocycles. The summed E-state index contributed by atoms with van der Waals surface area (Å²) in [6.07, 6.45) is 5.06. The smallest absolute Gasteiger partial charge is 0.166 e. The fourth-order valence-corrected chi connectivity index (χ4v) is 3.53. The van der Waals surface area contributed by atoms with E-state index in [0.717, 1.165) is 26.8 Å². The summed E-state index contributed by atoms with van der Waals surface area (Å²) in [7, 11) is 1.84. The van der Waals surface area contributed by atoms with Crippen molar-refractivity contribution >= 4 is 34.9 Å². The predicted molar refractivity (Wildman–Crippen MR) is 122 cm³/mol. The van der Waals surface area contributed by atoms with Gasteiger partial charge in [-0.1, -0.05) is 40.7 Å². The van der Waals surface area contributed by atoms with Gasteiger partial charge in [-0.15, -0.1) is 0 Å². The van der Waals surface area contributed by atoms with Crippen molar-refractivity contribution < 1.29 is 10.3 Å². The maximum atomic E-state index is 10.4. The predicted octanol–water partition coefficient (Wildman–Crippen LogP) is 4.45. The number of rotatable bonds is 7. The van der Waals surface area contributed by atoms with Crippen molar-refractivity contribution in [2.45, 2.75) is 44.1 Å². The zero-order chi connectivity index (χ0) is 21.6. The van der Waals surface area contributed by atoms with Gasteiger partial charge in [-0.3, -0.25) is 4.99 Å². The molecule has 0 fully saturated rings. The quantitative estimate of drug-likeness (QED) is 0.167. The minimum atomic E-state index is -1.04. The van der Waals surface area contributed by atoms with Gasteiger partial charge in [-0.2, -0.15) is 0 Å². The Morgan fingerprint density at radius 2 is 1.76 bits per heavy atom. The molecule has 0 heterocycles. The van der Waals surface area contributed by atoms with E-state index in [-0.39, 0.29) is 5.84 Å². The third-order valence-electron chi connectivity index (χ3n) is 4.53. The number of allylic oxidation sites excluding steroid dienone is 3. The summed E-state index contributed by atoms with van der Waals surface area (Å²) in [6, 6.07) is 7.57. The van der Waals surface area contributed by atoms with Crippen LogP contribution in [0.2, 0.25) is 5.02 Å². The van der Waals surface area contributed by atoms with Gasteiger partial charge in [-0.25, -0.2) is 0 Å². The molecule has 6 nitrogen and oxygen atoms in total. The summed E-state index contributed by atoms with van der Waals surface area (Å²) in [5, 5.41) is 27.1. The average Bonchev–Trinajstić information content (AvgIpc) is 2.70. The molecule has 0 radical (unpaired) electrons. The SMILES string of the molecule is CN/C(Sc1ccc(Cl)cc1)=C(\N=C(C)C(C)(C)O)C1=CC=C(/C(N)=N\O)CC1. The monoisotopic (exact) mass is 434 g/mol. The van der Waals surface area contributed by atoms with Crippen LogP contribution in [0.25, 0.3) is 0 Å². The van der Waals surface area contributed by atoms with Gasteiger partial charge in [-0.05, 0) is 69.0 Å². The van der Waals surface area contributed by atoms with Crippen molar-refractivity contribution in [2.24, 2.45) is 15.9 Å². The molecule has 1 aromatic carbocycles.